The Kier molecular flexibility index (Phi) is 8.01. The number of carbonyl (C=O) groups excluding carboxylic acids is 1. The molecule has 1 aromatic carbocycles. The van der Waals surface area contributed by atoms with Gasteiger partial charge in [-0.3, -0.25) is 4.79 Å². The number of para-hydroxylation sites is 1. The fourth-order valence-corrected chi connectivity index (χ4v) is 2.79. The summed E-state index contributed by atoms with van der Waals surface area (Å²) in [5.41, 5.74) is 0.750. The predicted octanol–water partition coefficient (Wildman–Crippen LogP) is 0.610. The third kappa shape index (κ3) is 6.98. The zero-order valence-electron chi connectivity index (χ0n) is 13.7. The Hall–Kier alpha value is -1.64. The number of rotatable bonds is 10. The molecule has 1 aromatic rings. The Labute approximate surface area is 137 Å². The SMILES string of the molecule is COCCNC(=O)CCN(Cc1ccccc1OC)S(C)(=O)=O. The average Bonchev–Trinajstić information content (AvgIpc) is 2.50. The van der Waals surface area contributed by atoms with Gasteiger partial charge in [-0.25, -0.2) is 8.42 Å². The smallest absolute Gasteiger partial charge is 0.221 e. The molecule has 0 unspecified atom stereocenters. The topological polar surface area (TPSA) is 84.9 Å². The number of ether oxygens (including phenoxy) is 2. The van der Waals surface area contributed by atoms with Crippen LogP contribution in [-0.4, -0.2) is 58.8 Å². The van der Waals surface area contributed by atoms with Gasteiger partial charge in [-0.1, -0.05) is 18.2 Å². The van der Waals surface area contributed by atoms with Crippen LogP contribution in [0.25, 0.3) is 0 Å². The molecule has 0 saturated heterocycles. The van der Waals surface area contributed by atoms with Gasteiger partial charge in [0.1, 0.15) is 5.75 Å². The summed E-state index contributed by atoms with van der Waals surface area (Å²) in [6.07, 6.45) is 1.22. The van der Waals surface area contributed by atoms with E-state index >= 15 is 0 Å². The second-order valence-corrected chi connectivity index (χ2v) is 6.98. The highest BCUT2D eigenvalue weighted by Gasteiger charge is 2.19. The van der Waals surface area contributed by atoms with E-state index in [1.807, 2.05) is 12.1 Å². The first-order valence-electron chi connectivity index (χ1n) is 7.21. The summed E-state index contributed by atoms with van der Waals surface area (Å²) >= 11 is 0. The minimum Gasteiger partial charge on any atom is -0.496 e. The van der Waals surface area contributed by atoms with Crippen LogP contribution in [-0.2, 0) is 26.1 Å². The van der Waals surface area contributed by atoms with Crippen LogP contribution in [0.2, 0.25) is 0 Å². The average molecular weight is 344 g/mol. The highest BCUT2D eigenvalue weighted by Crippen LogP contribution is 2.20. The molecule has 0 aliphatic carbocycles. The second-order valence-electron chi connectivity index (χ2n) is 5.00. The van der Waals surface area contributed by atoms with Gasteiger partial charge in [0.05, 0.1) is 20.0 Å². The normalized spacial score (nSPS) is 11.5. The second kappa shape index (κ2) is 9.49. The van der Waals surface area contributed by atoms with E-state index in [9.17, 15) is 13.2 Å². The molecule has 8 heteroatoms. The van der Waals surface area contributed by atoms with Gasteiger partial charge >= 0.3 is 0 Å². The lowest BCUT2D eigenvalue weighted by Crippen LogP contribution is -2.35. The van der Waals surface area contributed by atoms with Gasteiger partial charge < -0.3 is 14.8 Å². The van der Waals surface area contributed by atoms with Crippen molar-refractivity contribution in [2.45, 2.75) is 13.0 Å². The number of benzene rings is 1. The molecule has 0 heterocycles. The third-order valence-corrected chi connectivity index (χ3v) is 4.47. The lowest BCUT2D eigenvalue weighted by molar-refractivity contribution is -0.121. The van der Waals surface area contributed by atoms with E-state index < -0.39 is 10.0 Å². The van der Waals surface area contributed by atoms with Gasteiger partial charge in [-0.05, 0) is 6.07 Å². The largest absolute Gasteiger partial charge is 0.496 e. The number of sulfonamides is 1. The van der Waals surface area contributed by atoms with Crippen molar-refractivity contribution in [1.29, 1.82) is 0 Å². The number of nitrogens with one attached hydrogen (secondary N) is 1. The highest BCUT2D eigenvalue weighted by molar-refractivity contribution is 7.88. The molecule has 7 nitrogen and oxygen atoms in total. The number of amides is 1. The van der Waals surface area contributed by atoms with Crippen molar-refractivity contribution in [2.75, 3.05) is 40.2 Å². The van der Waals surface area contributed by atoms with Crippen molar-refractivity contribution in [3.8, 4) is 5.75 Å². The van der Waals surface area contributed by atoms with Gasteiger partial charge in [0, 0.05) is 38.7 Å². The molecule has 0 aliphatic rings. The van der Waals surface area contributed by atoms with Crippen molar-refractivity contribution in [2.24, 2.45) is 0 Å². The zero-order valence-corrected chi connectivity index (χ0v) is 14.6. The van der Waals surface area contributed by atoms with Crippen molar-refractivity contribution in [3.63, 3.8) is 0 Å². The fourth-order valence-electron chi connectivity index (χ4n) is 1.99. The summed E-state index contributed by atoms with van der Waals surface area (Å²) in [4.78, 5) is 11.7. The highest BCUT2D eigenvalue weighted by atomic mass is 32.2. The summed E-state index contributed by atoms with van der Waals surface area (Å²) in [5, 5.41) is 2.67. The standard InChI is InChI=1S/C15H24N2O5S/c1-21-11-9-16-15(18)8-10-17(23(3,19)20)12-13-6-4-5-7-14(13)22-2/h4-7H,8-12H2,1-3H3,(H,16,18). The van der Waals surface area contributed by atoms with Crippen LogP contribution in [0.1, 0.15) is 12.0 Å². The minimum atomic E-state index is -3.44. The van der Waals surface area contributed by atoms with E-state index in [1.54, 1.807) is 19.2 Å². The lowest BCUT2D eigenvalue weighted by atomic mass is 10.2. The minimum absolute atomic E-state index is 0.0892. The van der Waals surface area contributed by atoms with Crippen LogP contribution in [0.5, 0.6) is 5.75 Å². The molecule has 1 amide bonds. The third-order valence-electron chi connectivity index (χ3n) is 3.22. The van der Waals surface area contributed by atoms with Gasteiger partial charge in [0.2, 0.25) is 15.9 Å². The molecule has 0 radical (unpaired) electrons. The molecule has 130 valence electrons. The van der Waals surface area contributed by atoms with E-state index in [1.165, 1.54) is 11.4 Å². The lowest BCUT2D eigenvalue weighted by Gasteiger charge is -2.21. The van der Waals surface area contributed by atoms with Crippen LogP contribution >= 0.6 is 0 Å². The molecule has 0 atom stereocenters. The molecule has 0 bridgehead atoms. The van der Waals surface area contributed by atoms with Crippen LogP contribution in [0, 0.1) is 0 Å². The van der Waals surface area contributed by atoms with E-state index in [0.29, 0.717) is 18.9 Å². The molecule has 0 aromatic heterocycles. The Bertz CT molecular complexity index is 604. The van der Waals surface area contributed by atoms with E-state index in [0.717, 1.165) is 11.8 Å². The molecule has 23 heavy (non-hydrogen) atoms. The first kappa shape index (κ1) is 19.4. The zero-order chi connectivity index (χ0) is 17.3. The van der Waals surface area contributed by atoms with Crippen molar-refractivity contribution < 1.29 is 22.7 Å². The summed E-state index contributed by atoms with van der Waals surface area (Å²) in [5.74, 6) is 0.404. The maximum atomic E-state index is 11.9. The number of hydrogen-bond donors (Lipinski definition) is 1. The first-order valence-corrected chi connectivity index (χ1v) is 9.06. The number of carbonyl (C=O) groups is 1. The Morgan fingerprint density at radius 2 is 1.96 bits per heavy atom. The van der Waals surface area contributed by atoms with Crippen molar-refractivity contribution in [1.82, 2.24) is 9.62 Å². The van der Waals surface area contributed by atoms with Gasteiger partial charge in [0.15, 0.2) is 0 Å². The Morgan fingerprint density at radius 1 is 1.26 bits per heavy atom. The molecule has 0 fully saturated rings. The van der Waals surface area contributed by atoms with E-state index in [2.05, 4.69) is 5.32 Å². The molecule has 0 spiro atoms. The number of methoxy groups -OCH3 is 2. The summed E-state index contributed by atoms with van der Waals surface area (Å²) in [7, 11) is -0.355. The molecule has 0 saturated carbocycles. The Balaban J connectivity index is 2.69. The van der Waals surface area contributed by atoms with Crippen molar-refractivity contribution in [3.05, 3.63) is 29.8 Å². The van der Waals surface area contributed by atoms with E-state index in [4.69, 9.17) is 9.47 Å². The summed E-state index contributed by atoms with van der Waals surface area (Å²) < 4.78 is 35.2. The van der Waals surface area contributed by atoms with Gasteiger partial charge in [-0.15, -0.1) is 0 Å². The van der Waals surface area contributed by atoms with Crippen LogP contribution in [0.3, 0.4) is 0 Å². The molecule has 0 aliphatic heterocycles. The van der Waals surface area contributed by atoms with Crippen LogP contribution < -0.4 is 10.1 Å². The molecule has 1 rings (SSSR count). The predicted molar refractivity (Wildman–Crippen MR) is 87.8 cm³/mol. The van der Waals surface area contributed by atoms with Gasteiger partial charge in [0.25, 0.3) is 0 Å². The van der Waals surface area contributed by atoms with Gasteiger partial charge in [-0.2, -0.15) is 4.31 Å². The quantitative estimate of drug-likeness (QED) is 0.629. The molecule has 1 N–H and O–H groups in total. The molecular formula is C15H24N2O5S. The number of nitrogens with zero attached hydrogens (tertiary/aromatic N) is 1. The molecular weight excluding hydrogens is 320 g/mol. The maximum Gasteiger partial charge on any atom is 0.221 e. The maximum absolute atomic E-state index is 11.9. The fraction of sp³-hybridized carbons (Fsp3) is 0.533. The summed E-state index contributed by atoms with van der Waals surface area (Å²) in [6, 6.07) is 7.20. The Morgan fingerprint density at radius 3 is 2.57 bits per heavy atom. The van der Waals surface area contributed by atoms with Crippen LogP contribution in [0.4, 0.5) is 0 Å². The van der Waals surface area contributed by atoms with Crippen molar-refractivity contribution >= 4 is 15.9 Å². The monoisotopic (exact) mass is 344 g/mol. The van der Waals surface area contributed by atoms with Crippen LogP contribution in [0.15, 0.2) is 24.3 Å². The first-order chi connectivity index (χ1) is 10.9. The number of hydrogen-bond acceptors (Lipinski definition) is 5. The summed E-state index contributed by atoms with van der Waals surface area (Å²) in [6.45, 7) is 1.09. The van der Waals surface area contributed by atoms with E-state index in [-0.39, 0.29) is 25.4 Å².